The normalized spacial score (nSPS) is 27.8. The minimum atomic E-state index is -0.138. The van der Waals surface area contributed by atoms with Crippen LogP contribution in [-0.2, 0) is 10.2 Å². The summed E-state index contributed by atoms with van der Waals surface area (Å²) >= 11 is 0. The molecule has 3 unspecified atom stereocenters. The fraction of sp³-hybridized carbons (Fsp3) is 0.536. The van der Waals surface area contributed by atoms with E-state index in [0.717, 1.165) is 44.5 Å². The fourth-order valence-corrected chi connectivity index (χ4v) is 6.17. The van der Waals surface area contributed by atoms with E-state index >= 15 is 0 Å². The van der Waals surface area contributed by atoms with Gasteiger partial charge >= 0.3 is 0 Å². The molecule has 0 bridgehead atoms. The quantitative estimate of drug-likeness (QED) is 0.701. The van der Waals surface area contributed by atoms with Crippen molar-refractivity contribution >= 4 is 5.91 Å². The molecular weight excluding hydrogens is 412 g/mol. The summed E-state index contributed by atoms with van der Waals surface area (Å²) in [5.41, 5.74) is 1.77. The first-order valence-electron chi connectivity index (χ1n) is 12.2. The van der Waals surface area contributed by atoms with Crippen LogP contribution in [0, 0.1) is 11.8 Å². The van der Waals surface area contributed by atoms with Gasteiger partial charge in [-0.3, -0.25) is 4.79 Å². The van der Waals surface area contributed by atoms with Crippen molar-refractivity contribution in [3.63, 3.8) is 0 Å². The second-order valence-corrected chi connectivity index (χ2v) is 10.4. The van der Waals surface area contributed by atoms with E-state index in [-0.39, 0.29) is 23.5 Å². The lowest BCUT2D eigenvalue weighted by Crippen LogP contribution is -2.61. The summed E-state index contributed by atoms with van der Waals surface area (Å²) in [5.74, 6) is 1.08. The summed E-state index contributed by atoms with van der Waals surface area (Å²) in [5, 5.41) is 10.3. The van der Waals surface area contributed by atoms with E-state index < -0.39 is 0 Å². The Bertz CT molecular complexity index is 947. The highest BCUT2D eigenvalue weighted by molar-refractivity contribution is 5.94. The lowest BCUT2D eigenvalue weighted by molar-refractivity contribution is -0.0783. The molecule has 5 heteroatoms. The lowest BCUT2D eigenvalue weighted by atomic mass is 9.56. The van der Waals surface area contributed by atoms with E-state index in [4.69, 9.17) is 4.74 Å². The molecule has 0 radical (unpaired) electrons. The van der Waals surface area contributed by atoms with Gasteiger partial charge in [0.1, 0.15) is 5.75 Å². The van der Waals surface area contributed by atoms with E-state index in [1.165, 1.54) is 5.56 Å². The number of benzene rings is 2. The first kappa shape index (κ1) is 23.8. The number of methoxy groups -OCH3 is 1. The Labute approximate surface area is 198 Å². The summed E-state index contributed by atoms with van der Waals surface area (Å²) in [6.07, 6.45) is 2.76. The van der Waals surface area contributed by atoms with Gasteiger partial charge in [-0.25, -0.2) is 0 Å². The van der Waals surface area contributed by atoms with Gasteiger partial charge in [-0.2, -0.15) is 0 Å². The highest BCUT2D eigenvalue weighted by Crippen LogP contribution is 2.51. The van der Waals surface area contributed by atoms with Crippen molar-refractivity contribution in [3.05, 3.63) is 65.7 Å². The van der Waals surface area contributed by atoms with Crippen molar-refractivity contribution in [3.8, 4) is 5.75 Å². The van der Waals surface area contributed by atoms with Crippen molar-refractivity contribution in [2.75, 3.05) is 33.8 Å². The second-order valence-electron chi connectivity index (χ2n) is 10.4. The average molecular weight is 451 g/mol. The number of piperidine rings is 1. The van der Waals surface area contributed by atoms with Crippen LogP contribution in [0.4, 0.5) is 0 Å². The standard InChI is InChI=1S/C28H38N2O3/c1-20(2)18-30(27(32)21-9-6-5-7-10-21)23-16-26(33-4)25-19-29(3)14-13-28(25,17-23)22-11-8-12-24(31)15-22/h5-12,15,20,23,25-26,31H,13-14,16-19H2,1-4H3/t23-,25?,26?,28?/m1/s1. The van der Waals surface area contributed by atoms with Crippen molar-refractivity contribution in [2.24, 2.45) is 11.8 Å². The maximum Gasteiger partial charge on any atom is 0.254 e. The van der Waals surface area contributed by atoms with Crippen LogP contribution in [0.25, 0.3) is 0 Å². The molecule has 0 spiro atoms. The number of likely N-dealkylation sites (tertiary alicyclic amines) is 1. The minimum absolute atomic E-state index is 0.0482. The third-order valence-corrected chi connectivity index (χ3v) is 7.72. The van der Waals surface area contributed by atoms with Gasteiger partial charge in [0.2, 0.25) is 0 Å². The van der Waals surface area contributed by atoms with Gasteiger partial charge in [0.25, 0.3) is 5.91 Å². The number of hydrogen-bond donors (Lipinski definition) is 1. The van der Waals surface area contributed by atoms with Crippen molar-refractivity contribution < 1.29 is 14.6 Å². The van der Waals surface area contributed by atoms with Crippen LogP contribution in [0.15, 0.2) is 54.6 Å². The van der Waals surface area contributed by atoms with Gasteiger partial charge in [0, 0.05) is 43.1 Å². The molecule has 2 aromatic rings. The van der Waals surface area contributed by atoms with E-state index in [0.29, 0.717) is 17.6 Å². The second kappa shape index (κ2) is 9.86. The minimum Gasteiger partial charge on any atom is -0.508 e. The predicted octanol–water partition coefficient (Wildman–Crippen LogP) is 4.56. The van der Waals surface area contributed by atoms with Crippen molar-refractivity contribution in [1.82, 2.24) is 9.80 Å². The van der Waals surface area contributed by atoms with Crippen LogP contribution in [0.2, 0.25) is 0 Å². The van der Waals surface area contributed by atoms with Gasteiger partial charge in [0.15, 0.2) is 0 Å². The van der Waals surface area contributed by atoms with Crippen molar-refractivity contribution in [1.29, 1.82) is 0 Å². The van der Waals surface area contributed by atoms with Crippen LogP contribution in [-0.4, -0.2) is 66.8 Å². The Hall–Kier alpha value is -2.37. The molecule has 33 heavy (non-hydrogen) atoms. The van der Waals surface area contributed by atoms with Gasteiger partial charge in [-0.05, 0) is 68.6 Å². The molecule has 1 aliphatic heterocycles. The zero-order valence-corrected chi connectivity index (χ0v) is 20.4. The number of nitrogens with zero attached hydrogens (tertiary/aromatic N) is 2. The maximum absolute atomic E-state index is 13.7. The Balaban J connectivity index is 1.76. The first-order valence-corrected chi connectivity index (χ1v) is 12.2. The van der Waals surface area contributed by atoms with E-state index in [1.807, 2.05) is 42.5 Å². The SMILES string of the molecule is COC1C[C@@H](N(CC(C)C)C(=O)c2ccccc2)CC2(c3cccc(O)c3)CCN(C)CC12. The monoisotopic (exact) mass is 450 g/mol. The number of carbonyl (C=O) groups is 1. The first-order chi connectivity index (χ1) is 15.8. The highest BCUT2D eigenvalue weighted by Gasteiger charge is 2.53. The maximum atomic E-state index is 13.7. The largest absolute Gasteiger partial charge is 0.508 e. The average Bonchev–Trinajstić information content (AvgIpc) is 2.82. The molecule has 178 valence electrons. The van der Waals surface area contributed by atoms with Gasteiger partial charge < -0.3 is 19.6 Å². The number of fused-ring (bicyclic) bond motifs is 1. The van der Waals surface area contributed by atoms with Crippen LogP contribution >= 0.6 is 0 Å². The fourth-order valence-electron chi connectivity index (χ4n) is 6.17. The molecule has 4 rings (SSSR count). The number of rotatable bonds is 6. The van der Waals surface area contributed by atoms with Crippen LogP contribution in [0.5, 0.6) is 5.75 Å². The smallest absolute Gasteiger partial charge is 0.254 e. The van der Waals surface area contributed by atoms with Crippen LogP contribution < -0.4 is 0 Å². The topological polar surface area (TPSA) is 53.0 Å². The number of aromatic hydroxyl groups is 1. The molecule has 2 fully saturated rings. The number of phenolic OH excluding ortho intramolecular Hbond substituents is 1. The highest BCUT2D eigenvalue weighted by atomic mass is 16.5. The molecule has 1 saturated heterocycles. The van der Waals surface area contributed by atoms with Gasteiger partial charge in [-0.1, -0.05) is 44.2 Å². The predicted molar refractivity (Wildman–Crippen MR) is 132 cm³/mol. The molecule has 0 aromatic heterocycles. The molecule has 5 nitrogen and oxygen atoms in total. The molecule has 1 N–H and O–H groups in total. The number of hydrogen-bond acceptors (Lipinski definition) is 4. The summed E-state index contributed by atoms with van der Waals surface area (Å²) in [6.45, 7) is 7.01. The zero-order valence-electron chi connectivity index (χ0n) is 20.4. The number of phenols is 1. The Morgan fingerprint density at radius 1 is 1.21 bits per heavy atom. The molecule has 1 saturated carbocycles. The molecule has 1 heterocycles. The van der Waals surface area contributed by atoms with Crippen LogP contribution in [0.1, 0.15) is 49.0 Å². The summed E-state index contributed by atoms with van der Waals surface area (Å²) < 4.78 is 6.13. The molecular formula is C28H38N2O3. The molecule has 1 amide bonds. The molecule has 1 aliphatic carbocycles. The number of amides is 1. The van der Waals surface area contributed by atoms with Crippen LogP contribution in [0.3, 0.4) is 0 Å². The Morgan fingerprint density at radius 3 is 2.64 bits per heavy atom. The number of ether oxygens (including phenoxy) is 1. The molecule has 2 aromatic carbocycles. The van der Waals surface area contributed by atoms with Gasteiger partial charge in [-0.15, -0.1) is 0 Å². The van der Waals surface area contributed by atoms with E-state index in [1.54, 1.807) is 13.2 Å². The Morgan fingerprint density at radius 2 is 1.97 bits per heavy atom. The zero-order chi connectivity index (χ0) is 23.6. The Kier molecular flexibility index (Phi) is 7.10. The van der Waals surface area contributed by atoms with Gasteiger partial charge in [0.05, 0.1) is 6.10 Å². The summed E-state index contributed by atoms with van der Waals surface area (Å²) in [7, 11) is 3.98. The summed E-state index contributed by atoms with van der Waals surface area (Å²) in [4.78, 5) is 18.2. The van der Waals surface area contributed by atoms with E-state index in [2.05, 4.69) is 36.8 Å². The molecule has 2 aliphatic rings. The van der Waals surface area contributed by atoms with E-state index in [9.17, 15) is 9.90 Å². The molecule has 4 atom stereocenters. The van der Waals surface area contributed by atoms with Crippen molar-refractivity contribution in [2.45, 2.75) is 50.7 Å². The summed E-state index contributed by atoms with van der Waals surface area (Å²) in [6, 6.07) is 17.5. The third-order valence-electron chi connectivity index (χ3n) is 7.72. The number of carbonyl (C=O) groups excluding carboxylic acids is 1. The third kappa shape index (κ3) is 4.80. The lowest BCUT2D eigenvalue weighted by Gasteiger charge is -2.56.